The second kappa shape index (κ2) is 12.5. The maximum absolute atomic E-state index is 12.4. The number of benzene rings is 2. The van der Waals surface area contributed by atoms with E-state index >= 15 is 0 Å². The van der Waals surface area contributed by atoms with Crippen molar-refractivity contribution < 1.29 is 9.53 Å². The number of ether oxygens (including phenoxy) is 1. The molecular weight excluding hydrogens is 456 g/mol. The molecule has 0 radical (unpaired) electrons. The number of hydrogen-bond acceptors (Lipinski definition) is 5. The van der Waals surface area contributed by atoms with Crippen LogP contribution in [0, 0.1) is 6.92 Å². The minimum atomic E-state index is -0.0781. The molecule has 0 unspecified atom stereocenters. The Kier molecular flexibility index (Phi) is 9.39. The molecule has 33 heavy (non-hydrogen) atoms. The molecule has 3 rings (SSSR count). The van der Waals surface area contributed by atoms with Crippen LogP contribution >= 0.6 is 23.4 Å². The molecule has 0 spiro atoms. The Morgan fingerprint density at radius 2 is 2.03 bits per heavy atom. The average molecular weight is 485 g/mol. The molecule has 0 aliphatic heterocycles. The lowest BCUT2D eigenvalue weighted by molar-refractivity contribution is -0.113. The van der Waals surface area contributed by atoms with Gasteiger partial charge in [0.2, 0.25) is 5.91 Å². The van der Waals surface area contributed by atoms with Crippen LogP contribution in [-0.2, 0) is 24.2 Å². The fourth-order valence-electron chi connectivity index (χ4n) is 3.26. The van der Waals surface area contributed by atoms with Gasteiger partial charge in [-0.05, 0) is 61.2 Å². The highest BCUT2D eigenvalue weighted by Crippen LogP contribution is 2.22. The zero-order valence-electron chi connectivity index (χ0n) is 19.0. The van der Waals surface area contributed by atoms with Crippen molar-refractivity contribution in [1.29, 1.82) is 0 Å². The number of amides is 1. The average Bonchev–Trinajstić information content (AvgIpc) is 3.18. The molecule has 6 nitrogen and oxygen atoms in total. The third kappa shape index (κ3) is 7.37. The second-order valence-corrected chi connectivity index (χ2v) is 8.93. The quantitative estimate of drug-likeness (QED) is 0.202. The summed E-state index contributed by atoms with van der Waals surface area (Å²) in [4.78, 5) is 12.4. The molecule has 0 aliphatic rings. The van der Waals surface area contributed by atoms with Crippen molar-refractivity contribution in [2.45, 2.75) is 44.8 Å². The van der Waals surface area contributed by atoms with Gasteiger partial charge < -0.3 is 14.6 Å². The summed E-state index contributed by atoms with van der Waals surface area (Å²) in [6.07, 6.45) is 4.28. The molecule has 1 heterocycles. The molecule has 1 N–H and O–H groups in total. The van der Waals surface area contributed by atoms with Crippen LogP contribution in [0.4, 0.5) is 5.69 Å². The van der Waals surface area contributed by atoms with Crippen molar-refractivity contribution >= 4 is 35.0 Å². The summed E-state index contributed by atoms with van der Waals surface area (Å²) in [5.41, 5.74) is 3.04. The lowest BCUT2D eigenvalue weighted by Gasteiger charge is -2.10. The second-order valence-electron chi connectivity index (χ2n) is 7.55. The van der Waals surface area contributed by atoms with Gasteiger partial charge in [0.25, 0.3) is 0 Å². The number of aromatic nitrogens is 3. The zero-order valence-corrected chi connectivity index (χ0v) is 20.6. The Morgan fingerprint density at radius 3 is 2.73 bits per heavy atom. The Bertz CT molecular complexity index is 1080. The molecule has 2 aromatic carbocycles. The highest BCUT2D eigenvalue weighted by atomic mass is 35.5. The lowest BCUT2D eigenvalue weighted by Crippen LogP contribution is -2.15. The predicted molar refractivity (Wildman–Crippen MR) is 135 cm³/mol. The largest absolute Gasteiger partial charge is 0.493 e. The van der Waals surface area contributed by atoms with Crippen molar-refractivity contribution in [1.82, 2.24) is 14.8 Å². The molecule has 0 saturated carbocycles. The highest BCUT2D eigenvalue weighted by Gasteiger charge is 2.14. The number of anilines is 1. The van der Waals surface area contributed by atoms with E-state index in [0.29, 0.717) is 29.8 Å². The van der Waals surface area contributed by atoms with Gasteiger partial charge in [-0.1, -0.05) is 48.5 Å². The Balaban J connectivity index is 1.51. The van der Waals surface area contributed by atoms with Gasteiger partial charge in [-0.25, -0.2) is 0 Å². The van der Waals surface area contributed by atoms with Gasteiger partial charge in [0.15, 0.2) is 5.16 Å². The summed E-state index contributed by atoms with van der Waals surface area (Å²) in [6.45, 7) is 9.06. The van der Waals surface area contributed by atoms with Crippen LogP contribution in [0.2, 0.25) is 5.02 Å². The summed E-state index contributed by atoms with van der Waals surface area (Å²) in [7, 11) is 0. The Hall–Kier alpha value is -2.77. The van der Waals surface area contributed by atoms with Gasteiger partial charge in [0, 0.05) is 23.7 Å². The first kappa shape index (κ1) is 24.9. The smallest absolute Gasteiger partial charge is 0.234 e. The number of rotatable bonds is 12. The first-order chi connectivity index (χ1) is 16.0. The summed E-state index contributed by atoms with van der Waals surface area (Å²) < 4.78 is 7.87. The standard InChI is InChI=1S/C25H29ClN4O2S/c1-4-14-30-23(7-6-15-32-22-13-10-20(26)16-18(22)3)28-29-25(30)33-17-24(31)27-21-11-8-19(5-2)9-12-21/h4,8-13,16H,1,5-7,14-15,17H2,2-3H3,(H,27,31). The lowest BCUT2D eigenvalue weighted by atomic mass is 10.1. The van der Waals surface area contributed by atoms with E-state index in [2.05, 4.69) is 29.0 Å². The predicted octanol–water partition coefficient (Wildman–Crippen LogP) is 5.73. The van der Waals surface area contributed by atoms with Gasteiger partial charge in [-0.2, -0.15) is 0 Å². The summed E-state index contributed by atoms with van der Waals surface area (Å²) >= 11 is 7.36. The summed E-state index contributed by atoms with van der Waals surface area (Å²) in [5.74, 6) is 1.86. The minimum Gasteiger partial charge on any atom is -0.493 e. The first-order valence-electron chi connectivity index (χ1n) is 10.9. The van der Waals surface area contributed by atoms with E-state index in [1.807, 2.05) is 54.0 Å². The van der Waals surface area contributed by atoms with Gasteiger partial charge in [-0.3, -0.25) is 4.79 Å². The van der Waals surface area contributed by atoms with Crippen LogP contribution < -0.4 is 10.1 Å². The molecule has 0 fully saturated rings. The third-order valence-electron chi connectivity index (χ3n) is 5.02. The number of halogens is 1. The van der Waals surface area contributed by atoms with Crippen LogP contribution in [0.25, 0.3) is 0 Å². The van der Waals surface area contributed by atoms with Crippen molar-refractivity contribution in [2.24, 2.45) is 0 Å². The molecule has 8 heteroatoms. The molecule has 0 atom stereocenters. The Labute approximate surface area is 204 Å². The van der Waals surface area contributed by atoms with Crippen LogP contribution in [0.3, 0.4) is 0 Å². The van der Waals surface area contributed by atoms with E-state index in [9.17, 15) is 4.79 Å². The van der Waals surface area contributed by atoms with E-state index < -0.39 is 0 Å². The van der Waals surface area contributed by atoms with Gasteiger partial charge in [0.05, 0.1) is 12.4 Å². The van der Waals surface area contributed by atoms with E-state index in [1.165, 1.54) is 17.3 Å². The molecule has 0 saturated heterocycles. The van der Waals surface area contributed by atoms with Crippen molar-refractivity contribution in [3.8, 4) is 5.75 Å². The SMILES string of the molecule is C=CCn1c(CCCOc2ccc(Cl)cc2C)nnc1SCC(=O)Nc1ccc(CC)cc1. The maximum atomic E-state index is 12.4. The van der Waals surface area contributed by atoms with E-state index in [4.69, 9.17) is 16.3 Å². The highest BCUT2D eigenvalue weighted by molar-refractivity contribution is 7.99. The van der Waals surface area contributed by atoms with Crippen LogP contribution in [0.5, 0.6) is 5.75 Å². The number of nitrogens with zero attached hydrogens (tertiary/aromatic N) is 3. The molecule has 3 aromatic rings. The van der Waals surface area contributed by atoms with Crippen molar-refractivity contribution in [3.63, 3.8) is 0 Å². The van der Waals surface area contributed by atoms with Crippen molar-refractivity contribution in [3.05, 3.63) is 77.1 Å². The van der Waals surface area contributed by atoms with Gasteiger partial charge in [0.1, 0.15) is 11.6 Å². The number of thioether (sulfide) groups is 1. The third-order valence-corrected chi connectivity index (χ3v) is 6.22. The number of carbonyl (C=O) groups is 1. The molecule has 0 bridgehead atoms. The summed E-state index contributed by atoms with van der Waals surface area (Å²) in [6, 6.07) is 13.5. The van der Waals surface area contributed by atoms with Crippen LogP contribution in [-0.4, -0.2) is 33.0 Å². The summed E-state index contributed by atoms with van der Waals surface area (Å²) in [5, 5.41) is 12.9. The number of nitrogens with one attached hydrogen (secondary N) is 1. The van der Waals surface area contributed by atoms with Gasteiger partial charge >= 0.3 is 0 Å². The number of carbonyl (C=O) groups excluding carboxylic acids is 1. The number of allylic oxidation sites excluding steroid dienone is 1. The number of aryl methyl sites for hydroxylation is 3. The first-order valence-corrected chi connectivity index (χ1v) is 12.3. The van der Waals surface area contributed by atoms with Crippen molar-refractivity contribution in [2.75, 3.05) is 17.7 Å². The van der Waals surface area contributed by atoms with Crippen LogP contribution in [0.1, 0.15) is 30.3 Å². The Morgan fingerprint density at radius 1 is 1.24 bits per heavy atom. The van der Waals surface area contributed by atoms with E-state index in [1.54, 1.807) is 6.08 Å². The normalized spacial score (nSPS) is 10.8. The van der Waals surface area contributed by atoms with Gasteiger partial charge in [-0.15, -0.1) is 16.8 Å². The monoisotopic (exact) mass is 484 g/mol. The van der Waals surface area contributed by atoms with E-state index in [-0.39, 0.29) is 11.7 Å². The molecule has 1 aromatic heterocycles. The fourth-order valence-corrected chi connectivity index (χ4v) is 4.25. The van der Waals surface area contributed by atoms with E-state index in [0.717, 1.165) is 35.7 Å². The molecule has 174 valence electrons. The molecule has 1 amide bonds. The fraction of sp³-hybridized carbons (Fsp3) is 0.320. The molecule has 0 aliphatic carbocycles. The molecular formula is C25H29ClN4O2S. The minimum absolute atomic E-state index is 0.0781. The number of hydrogen-bond donors (Lipinski definition) is 1. The maximum Gasteiger partial charge on any atom is 0.234 e. The topological polar surface area (TPSA) is 69.0 Å². The zero-order chi connectivity index (χ0) is 23.6. The van der Waals surface area contributed by atoms with Crippen LogP contribution in [0.15, 0.2) is 60.3 Å².